The molecule has 124 valence electrons. The summed E-state index contributed by atoms with van der Waals surface area (Å²) in [6.45, 7) is 8.16. The maximum absolute atomic E-state index is 10.1. The van der Waals surface area contributed by atoms with Gasteiger partial charge in [0.2, 0.25) is 0 Å². The standard InChI is InChI=1S/C18H35NO2/c1-13-4-7-17(8-5-13)21-12-16(20)11-19-18-9-6-14(2)10-15(18)3/h13-20H,4-12H2,1-3H3. The third-order valence-electron chi connectivity index (χ3n) is 5.53. The lowest BCUT2D eigenvalue weighted by atomic mass is 9.80. The number of aliphatic hydroxyl groups excluding tert-OH is 1. The third-order valence-corrected chi connectivity index (χ3v) is 5.53. The predicted octanol–water partition coefficient (Wildman–Crippen LogP) is 3.36. The van der Waals surface area contributed by atoms with E-state index in [0.717, 1.165) is 17.8 Å². The molecule has 0 heterocycles. The number of ether oxygens (including phenoxy) is 1. The van der Waals surface area contributed by atoms with Gasteiger partial charge in [-0.3, -0.25) is 0 Å². The zero-order valence-corrected chi connectivity index (χ0v) is 14.2. The Morgan fingerprint density at radius 2 is 1.67 bits per heavy atom. The van der Waals surface area contributed by atoms with Crippen molar-refractivity contribution in [2.75, 3.05) is 13.2 Å². The summed E-state index contributed by atoms with van der Waals surface area (Å²) in [7, 11) is 0. The molecule has 2 fully saturated rings. The third kappa shape index (κ3) is 5.88. The molecule has 3 heteroatoms. The lowest BCUT2D eigenvalue weighted by Crippen LogP contribution is -2.43. The van der Waals surface area contributed by atoms with E-state index in [-0.39, 0.29) is 6.10 Å². The van der Waals surface area contributed by atoms with E-state index < -0.39 is 0 Å². The minimum Gasteiger partial charge on any atom is -0.389 e. The van der Waals surface area contributed by atoms with Crippen LogP contribution in [0.2, 0.25) is 0 Å². The Hall–Kier alpha value is -0.120. The number of hydrogen-bond donors (Lipinski definition) is 2. The Kier molecular flexibility index (Phi) is 6.97. The first kappa shape index (κ1) is 17.2. The molecule has 0 radical (unpaired) electrons. The molecule has 0 amide bonds. The van der Waals surface area contributed by atoms with Crippen molar-refractivity contribution < 1.29 is 9.84 Å². The molecule has 0 aromatic rings. The van der Waals surface area contributed by atoms with Gasteiger partial charge in [-0.2, -0.15) is 0 Å². The predicted molar refractivity (Wildman–Crippen MR) is 87.3 cm³/mol. The van der Waals surface area contributed by atoms with Crippen LogP contribution in [0.1, 0.15) is 65.7 Å². The first-order chi connectivity index (χ1) is 10.0. The largest absolute Gasteiger partial charge is 0.389 e. The summed E-state index contributed by atoms with van der Waals surface area (Å²) in [5, 5.41) is 13.7. The molecule has 0 bridgehead atoms. The maximum Gasteiger partial charge on any atom is 0.0897 e. The van der Waals surface area contributed by atoms with Gasteiger partial charge in [0.25, 0.3) is 0 Å². The monoisotopic (exact) mass is 297 g/mol. The Balaban J connectivity index is 1.58. The Morgan fingerprint density at radius 1 is 1.00 bits per heavy atom. The summed E-state index contributed by atoms with van der Waals surface area (Å²) in [6.07, 6.45) is 8.77. The van der Waals surface area contributed by atoms with E-state index in [1.807, 2.05) is 0 Å². The van der Waals surface area contributed by atoms with E-state index in [2.05, 4.69) is 26.1 Å². The Morgan fingerprint density at radius 3 is 2.33 bits per heavy atom. The van der Waals surface area contributed by atoms with Crippen LogP contribution in [-0.4, -0.2) is 36.5 Å². The van der Waals surface area contributed by atoms with Crippen molar-refractivity contribution in [3.8, 4) is 0 Å². The van der Waals surface area contributed by atoms with Gasteiger partial charge in [0, 0.05) is 12.6 Å². The zero-order valence-electron chi connectivity index (χ0n) is 14.2. The first-order valence-electron chi connectivity index (χ1n) is 9.07. The second-order valence-corrected chi connectivity index (χ2v) is 7.78. The topological polar surface area (TPSA) is 41.5 Å². The first-order valence-corrected chi connectivity index (χ1v) is 9.07. The van der Waals surface area contributed by atoms with E-state index in [9.17, 15) is 5.11 Å². The smallest absolute Gasteiger partial charge is 0.0897 e. The van der Waals surface area contributed by atoms with Gasteiger partial charge >= 0.3 is 0 Å². The highest BCUT2D eigenvalue weighted by Gasteiger charge is 2.25. The van der Waals surface area contributed by atoms with Crippen LogP contribution >= 0.6 is 0 Å². The highest BCUT2D eigenvalue weighted by Crippen LogP contribution is 2.28. The molecule has 2 aliphatic carbocycles. The molecule has 2 saturated carbocycles. The summed E-state index contributed by atoms with van der Waals surface area (Å²) < 4.78 is 5.89. The van der Waals surface area contributed by atoms with Crippen molar-refractivity contribution in [3.63, 3.8) is 0 Å². The average Bonchev–Trinajstić information content (AvgIpc) is 2.46. The fraction of sp³-hybridized carbons (Fsp3) is 1.00. The average molecular weight is 297 g/mol. The fourth-order valence-electron chi connectivity index (χ4n) is 3.96. The number of hydrogen-bond acceptors (Lipinski definition) is 3. The molecule has 0 saturated heterocycles. The van der Waals surface area contributed by atoms with Crippen molar-refractivity contribution in [2.45, 2.75) is 84.0 Å². The van der Waals surface area contributed by atoms with Crippen LogP contribution < -0.4 is 5.32 Å². The molecule has 0 aliphatic heterocycles. The van der Waals surface area contributed by atoms with Gasteiger partial charge in [-0.15, -0.1) is 0 Å². The molecule has 3 nitrogen and oxygen atoms in total. The molecule has 4 unspecified atom stereocenters. The molecule has 0 aromatic carbocycles. The van der Waals surface area contributed by atoms with Crippen LogP contribution in [0.15, 0.2) is 0 Å². The summed E-state index contributed by atoms with van der Waals surface area (Å²) >= 11 is 0. The van der Waals surface area contributed by atoms with Gasteiger partial charge in [0.1, 0.15) is 0 Å². The minimum absolute atomic E-state index is 0.365. The van der Waals surface area contributed by atoms with Gasteiger partial charge in [0.05, 0.1) is 18.8 Å². The van der Waals surface area contributed by atoms with Crippen molar-refractivity contribution in [2.24, 2.45) is 17.8 Å². The normalized spacial score (nSPS) is 39.1. The minimum atomic E-state index is -0.365. The highest BCUT2D eigenvalue weighted by molar-refractivity contribution is 4.81. The molecule has 2 aliphatic rings. The van der Waals surface area contributed by atoms with Crippen LogP contribution in [0, 0.1) is 17.8 Å². The molecule has 21 heavy (non-hydrogen) atoms. The highest BCUT2D eigenvalue weighted by atomic mass is 16.5. The molecule has 0 spiro atoms. The maximum atomic E-state index is 10.1. The van der Waals surface area contributed by atoms with Crippen LogP contribution in [0.5, 0.6) is 0 Å². The quantitative estimate of drug-likeness (QED) is 0.790. The lowest BCUT2D eigenvalue weighted by Gasteiger charge is -2.34. The van der Waals surface area contributed by atoms with Gasteiger partial charge in [0.15, 0.2) is 0 Å². The second-order valence-electron chi connectivity index (χ2n) is 7.78. The van der Waals surface area contributed by atoms with E-state index >= 15 is 0 Å². The van der Waals surface area contributed by atoms with Gasteiger partial charge in [-0.25, -0.2) is 0 Å². The molecule has 0 aromatic heterocycles. The van der Waals surface area contributed by atoms with Crippen LogP contribution in [-0.2, 0) is 4.74 Å². The van der Waals surface area contributed by atoms with Crippen molar-refractivity contribution in [3.05, 3.63) is 0 Å². The fourth-order valence-corrected chi connectivity index (χ4v) is 3.96. The van der Waals surface area contributed by atoms with Gasteiger partial charge in [-0.05, 0) is 62.7 Å². The molecular formula is C18H35NO2. The SMILES string of the molecule is CC1CCC(OCC(O)CNC2CCC(C)CC2C)CC1. The second kappa shape index (κ2) is 8.50. The molecular weight excluding hydrogens is 262 g/mol. The summed E-state index contributed by atoms with van der Waals surface area (Å²) in [4.78, 5) is 0. The van der Waals surface area contributed by atoms with Gasteiger partial charge in [-0.1, -0.05) is 20.8 Å². The Labute approximate surface area is 130 Å². The zero-order chi connectivity index (χ0) is 15.2. The van der Waals surface area contributed by atoms with Gasteiger partial charge < -0.3 is 15.2 Å². The number of aliphatic hydroxyl groups is 1. The van der Waals surface area contributed by atoms with Crippen LogP contribution in [0.25, 0.3) is 0 Å². The van der Waals surface area contributed by atoms with Crippen molar-refractivity contribution in [1.82, 2.24) is 5.32 Å². The van der Waals surface area contributed by atoms with E-state index in [1.54, 1.807) is 0 Å². The molecule has 2 rings (SSSR count). The summed E-state index contributed by atoms with van der Waals surface area (Å²) in [5.74, 6) is 2.44. The van der Waals surface area contributed by atoms with E-state index in [4.69, 9.17) is 4.74 Å². The van der Waals surface area contributed by atoms with E-state index in [0.29, 0.717) is 25.3 Å². The van der Waals surface area contributed by atoms with Crippen molar-refractivity contribution in [1.29, 1.82) is 0 Å². The number of rotatable bonds is 6. The molecule has 4 atom stereocenters. The Bertz CT molecular complexity index is 289. The van der Waals surface area contributed by atoms with E-state index in [1.165, 1.54) is 44.9 Å². The van der Waals surface area contributed by atoms with Crippen LogP contribution in [0.3, 0.4) is 0 Å². The summed E-state index contributed by atoms with van der Waals surface area (Å²) in [6, 6.07) is 0.575. The number of nitrogens with one attached hydrogen (secondary N) is 1. The lowest BCUT2D eigenvalue weighted by molar-refractivity contribution is -0.0291. The van der Waals surface area contributed by atoms with Crippen molar-refractivity contribution >= 4 is 0 Å². The summed E-state index contributed by atoms with van der Waals surface area (Å²) in [5.41, 5.74) is 0. The van der Waals surface area contributed by atoms with Crippen LogP contribution in [0.4, 0.5) is 0 Å². The molecule has 2 N–H and O–H groups in total.